The van der Waals surface area contributed by atoms with Crippen LogP contribution in [0, 0.1) is 0 Å². The number of aliphatic carboxylic acids is 1. The third-order valence-electron chi connectivity index (χ3n) is 1.23. The topological polar surface area (TPSA) is 54.4 Å². The first-order valence-corrected chi connectivity index (χ1v) is 2.84. The molecule has 14 heavy (non-hydrogen) atoms. The lowest BCUT2D eigenvalue weighted by molar-refractivity contribution is -0.288. The third-order valence-corrected chi connectivity index (χ3v) is 1.23. The fourth-order valence-electron chi connectivity index (χ4n) is 0.418. The molecule has 0 aliphatic carbocycles. The molecule has 0 saturated carbocycles. The first-order valence-electron chi connectivity index (χ1n) is 2.84. The Hall–Kier alpha value is -1.28. The molecule has 0 radical (unpaired) electrons. The van der Waals surface area contributed by atoms with Crippen molar-refractivity contribution < 1.29 is 41.0 Å². The molecular formula is C5H2F6O3. The van der Waals surface area contributed by atoms with Crippen molar-refractivity contribution >= 4 is 12.3 Å². The third kappa shape index (κ3) is 1.53. The Kier molecular flexibility index (Phi) is 2.85. The van der Waals surface area contributed by atoms with Crippen molar-refractivity contribution in [3.63, 3.8) is 0 Å². The molecule has 9 heteroatoms. The van der Waals surface area contributed by atoms with E-state index in [4.69, 9.17) is 5.11 Å². The summed E-state index contributed by atoms with van der Waals surface area (Å²) in [7, 11) is 0. The standard InChI is InChI=1S/C5H2F6O3/c6-3(7,1-12)5(10,11)4(8,9)2(13)14/h1H,(H,13,14). The molecule has 0 aromatic heterocycles. The van der Waals surface area contributed by atoms with Crippen LogP contribution < -0.4 is 0 Å². The number of rotatable bonds is 4. The summed E-state index contributed by atoms with van der Waals surface area (Å²) in [5.41, 5.74) is 0. The van der Waals surface area contributed by atoms with Crippen molar-refractivity contribution in [3.05, 3.63) is 0 Å². The summed E-state index contributed by atoms with van der Waals surface area (Å²) in [6.45, 7) is 0. The van der Waals surface area contributed by atoms with Gasteiger partial charge in [-0.1, -0.05) is 0 Å². The molecule has 3 nitrogen and oxygen atoms in total. The van der Waals surface area contributed by atoms with Gasteiger partial charge in [0.25, 0.3) is 0 Å². The van der Waals surface area contributed by atoms with E-state index in [-0.39, 0.29) is 0 Å². The molecule has 1 N–H and O–H groups in total. The predicted molar refractivity (Wildman–Crippen MR) is 28.5 cm³/mol. The molecule has 0 unspecified atom stereocenters. The van der Waals surface area contributed by atoms with Crippen LogP contribution in [0.5, 0.6) is 0 Å². The van der Waals surface area contributed by atoms with Crippen molar-refractivity contribution in [2.75, 3.05) is 0 Å². The first-order chi connectivity index (χ1) is 6.00. The maximum atomic E-state index is 12.1. The highest BCUT2D eigenvalue weighted by Gasteiger charge is 2.75. The van der Waals surface area contributed by atoms with E-state index in [9.17, 15) is 35.9 Å². The zero-order valence-corrected chi connectivity index (χ0v) is 6.11. The Morgan fingerprint density at radius 3 is 1.64 bits per heavy atom. The number of hydrogen-bond acceptors (Lipinski definition) is 2. The van der Waals surface area contributed by atoms with Crippen molar-refractivity contribution in [1.29, 1.82) is 0 Å². The summed E-state index contributed by atoms with van der Waals surface area (Å²) in [6, 6.07) is 0. The summed E-state index contributed by atoms with van der Waals surface area (Å²) in [5, 5.41) is 7.56. The molecule has 0 aliphatic heterocycles. The second-order valence-electron chi connectivity index (χ2n) is 2.19. The van der Waals surface area contributed by atoms with Crippen molar-refractivity contribution in [1.82, 2.24) is 0 Å². The maximum absolute atomic E-state index is 12.1. The van der Waals surface area contributed by atoms with Crippen molar-refractivity contribution in [2.45, 2.75) is 17.8 Å². The highest BCUT2D eigenvalue weighted by Crippen LogP contribution is 2.44. The summed E-state index contributed by atoms with van der Waals surface area (Å²) < 4.78 is 72.1. The summed E-state index contributed by atoms with van der Waals surface area (Å²) in [4.78, 5) is 18.9. The molecule has 0 aromatic rings. The zero-order chi connectivity index (χ0) is 11.8. The molecule has 0 saturated heterocycles. The van der Waals surface area contributed by atoms with Crippen LogP contribution in [-0.4, -0.2) is 35.1 Å². The predicted octanol–water partition coefficient (Wildman–Crippen LogP) is 1.18. The van der Waals surface area contributed by atoms with Crippen molar-refractivity contribution in [2.24, 2.45) is 0 Å². The molecule has 0 atom stereocenters. The molecule has 82 valence electrons. The van der Waals surface area contributed by atoms with Gasteiger partial charge in [-0.2, -0.15) is 26.3 Å². The molecular weight excluding hydrogens is 222 g/mol. The van der Waals surface area contributed by atoms with E-state index in [1.807, 2.05) is 0 Å². The first kappa shape index (κ1) is 12.7. The van der Waals surface area contributed by atoms with Crippen LogP contribution in [0.3, 0.4) is 0 Å². The Morgan fingerprint density at radius 1 is 1.07 bits per heavy atom. The summed E-state index contributed by atoms with van der Waals surface area (Å²) >= 11 is 0. The van der Waals surface area contributed by atoms with Gasteiger partial charge in [0.1, 0.15) is 0 Å². The van der Waals surface area contributed by atoms with Crippen LogP contribution in [0.25, 0.3) is 0 Å². The van der Waals surface area contributed by atoms with Crippen LogP contribution in [0.15, 0.2) is 0 Å². The maximum Gasteiger partial charge on any atom is 0.411 e. The molecule has 0 aliphatic rings. The van der Waals surface area contributed by atoms with Crippen LogP contribution in [0.1, 0.15) is 0 Å². The van der Waals surface area contributed by atoms with Gasteiger partial charge in [-0.3, -0.25) is 4.79 Å². The molecule has 0 fully saturated rings. The minimum absolute atomic E-state index is 1.73. The lowest BCUT2D eigenvalue weighted by atomic mass is 10.1. The quantitative estimate of drug-likeness (QED) is 0.576. The minimum Gasteiger partial charge on any atom is -0.477 e. The Balaban J connectivity index is 5.35. The summed E-state index contributed by atoms with van der Waals surface area (Å²) in [6.07, 6.45) is -1.73. The second-order valence-corrected chi connectivity index (χ2v) is 2.19. The van der Waals surface area contributed by atoms with Gasteiger partial charge in [0.15, 0.2) is 6.29 Å². The van der Waals surface area contributed by atoms with Gasteiger partial charge < -0.3 is 5.11 Å². The van der Waals surface area contributed by atoms with E-state index in [1.165, 1.54) is 0 Å². The van der Waals surface area contributed by atoms with Gasteiger partial charge in [-0.15, -0.1) is 0 Å². The Bertz CT molecular complexity index is 260. The molecule has 0 heterocycles. The molecule has 0 bridgehead atoms. The van der Waals surface area contributed by atoms with Crippen LogP contribution in [0.4, 0.5) is 26.3 Å². The van der Waals surface area contributed by atoms with E-state index in [0.29, 0.717) is 0 Å². The zero-order valence-electron chi connectivity index (χ0n) is 6.11. The minimum atomic E-state index is -6.27. The lowest BCUT2D eigenvalue weighted by Crippen LogP contribution is -2.58. The Morgan fingerprint density at radius 2 is 1.43 bits per heavy atom. The van der Waals surface area contributed by atoms with Gasteiger partial charge >= 0.3 is 23.7 Å². The number of alkyl halides is 6. The van der Waals surface area contributed by atoms with Crippen molar-refractivity contribution in [3.8, 4) is 0 Å². The number of carbonyl (C=O) groups excluding carboxylic acids is 1. The van der Waals surface area contributed by atoms with Gasteiger partial charge in [0.2, 0.25) is 0 Å². The van der Waals surface area contributed by atoms with E-state index < -0.39 is 30.0 Å². The number of aldehydes is 1. The van der Waals surface area contributed by atoms with Crippen LogP contribution in [0.2, 0.25) is 0 Å². The van der Waals surface area contributed by atoms with E-state index >= 15 is 0 Å². The van der Waals surface area contributed by atoms with Crippen LogP contribution in [-0.2, 0) is 9.59 Å². The number of carbonyl (C=O) groups is 2. The molecule has 0 rings (SSSR count). The van der Waals surface area contributed by atoms with Gasteiger partial charge in [-0.25, -0.2) is 4.79 Å². The number of halogens is 6. The lowest BCUT2D eigenvalue weighted by Gasteiger charge is -2.26. The van der Waals surface area contributed by atoms with Crippen LogP contribution >= 0.6 is 0 Å². The number of carboxylic acids is 1. The highest BCUT2D eigenvalue weighted by molar-refractivity contribution is 5.79. The highest BCUT2D eigenvalue weighted by atomic mass is 19.3. The second kappa shape index (κ2) is 3.14. The largest absolute Gasteiger partial charge is 0.477 e. The van der Waals surface area contributed by atoms with E-state index in [1.54, 1.807) is 0 Å². The molecule has 0 aromatic carbocycles. The fourth-order valence-corrected chi connectivity index (χ4v) is 0.418. The monoisotopic (exact) mass is 224 g/mol. The average Bonchev–Trinajstić information content (AvgIpc) is 2.03. The van der Waals surface area contributed by atoms with Gasteiger partial charge in [-0.05, 0) is 0 Å². The molecule has 0 amide bonds. The summed E-state index contributed by atoms with van der Waals surface area (Å²) in [5.74, 6) is -21.5. The van der Waals surface area contributed by atoms with E-state index in [2.05, 4.69) is 0 Å². The fraction of sp³-hybridized carbons (Fsp3) is 0.600. The smallest absolute Gasteiger partial charge is 0.411 e. The molecule has 0 spiro atoms. The van der Waals surface area contributed by atoms with Gasteiger partial charge in [0.05, 0.1) is 0 Å². The van der Waals surface area contributed by atoms with Gasteiger partial charge in [0, 0.05) is 0 Å². The van der Waals surface area contributed by atoms with E-state index in [0.717, 1.165) is 0 Å². The number of hydrogen-bond donors (Lipinski definition) is 1. The Labute approximate surface area is 72.3 Å². The normalized spacial score (nSPS) is 13.9. The average molecular weight is 224 g/mol. The SMILES string of the molecule is O=CC(F)(F)C(F)(F)C(F)(F)C(=O)O. The number of carboxylic acid groups (broad SMARTS) is 1.